The van der Waals surface area contributed by atoms with E-state index in [1.165, 1.54) is 25.4 Å². The monoisotopic (exact) mass is 248 g/mol. The third-order valence-electron chi connectivity index (χ3n) is 2.33. The van der Waals surface area contributed by atoms with Gasteiger partial charge in [0.05, 0.1) is 12.8 Å². The van der Waals surface area contributed by atoms with E-state index in [-0.39, 0.29) is 5.75 Å². The van der Waals surface area contributed by atoms with Crippen molar-refractivity contribution in [1.82, 2.24) is 9.78 Å². The van der Waals surface area contributed by atoms with Crippen molar-refractivity contribution in [3.63, 3.8) is 0 Å². The van der Waals surface area contributed by atoms with E-state index in [4.69, 9.17) is 10.5 Å². The van der Waals surface area contributed by atoms with E-state index in [1.807, 2.05) is 0 Å². The zero-order chi connectivity index (χ0) is 13.1. The molecule has 2 aromatic rings. The van der Waals surface area contributed by atoms with Crippen molar-refractivity contribution >= 4 is 6.03 Å². The molecule has 93 valence electrons. The average Bonchev–Trinajstić information content (AvgIpc) is 2.78. The van der Waals surface area contributed by atoms with Crippen LogP contribution in [-0.4, -0.2) is 22.9 Å². The highest BCUT2D eigenvalue weighted by atomic mass is 19.1. The summed E-state index contributed by atoms with van der Waals surface area (Å²) in [5, 5.41) is 3.91. The van der Waals surface area contributed by atoms with Crippen molar-refractivity contribution in [1.29, 1.82) is 0 Å². The summed E-state index contributed by atoms with van der Waals surface area (Å²) in [5.41, 5.74) is 6.18. The number of carbonyl (C=O) groups is 1. The second kappa shape index (κ2) is 4.87. The molecular weight excluding hydrogens is 237 g/mol. The molecule has 1 amide bonds. The number of nitrogens with two attached hydrogens (primary N) is 1. The molecule has 0 aliphatic rings. The molecule has 18 heavy (non-hydrogen) atoms. The zero-order valence-corrected chi connectivity index (χ0v) is 9.63. The Morgan fingerprint density at radius 3 is 2.83 bits per heavy atom. The van der Waals surface area contributed by atoms with Crippen LogP contribution < -0.4 is 10.5 Å². The lowest BCUT2D eigenvalue weighted by atomic mass is 10.1. The van der Waals surface area contributed by atoms with Gasteiger partial charge in [0.15, 0.2) is 11.6 Å². The number of hydrogen-bond donors (Lipinski definition) is 1. The van der Waals surface area contributed by atoms with E-state index in [9.17, 15) is 9.18 Å². The molecule has 1 aromatic heterocycles. The summed E-state index contributed by atoms with van der Waals surface area (Å²) >= 11 is 0. The number of amides is 1. The molecule has 0 aliphatic heterocycles. The molecule has 0 saturated heterocycles. The summed E-state index contributed by atoms with van der Waals surface area (Å²) in [7, 11) is 1.40. The fraction of sp³-hybridized carbons (Fsp3) is 0.0833. The normalized spacial score (nSPS) is 10.3. The minimum Gasteiger partial charge on any atom is -0.494 e. The minimum absolute atomic E-state index is 0.176. The van der Waals surface area contributed by atoms with Gasteiger partial charge in [0.1, 0.15) is 0 Å². The summed E-state index contributed by atoms with van der Waals surface area (Å²) < 4.78 is 19.3. The van der Waals surface area contributed by atoms with Crippen LogP contribution in [-0.2, 0) is 0 Å². The Labute approximate surface area is 103 Å². The number of rotatable bonds is 3. The Bertz CT molecular complexity index is 580. The first-order valence-corrected chi connectivity index (χ1v) is 5.14. The van der Waals surface area contributed by atoms with Crippen molar-refractivity contribution in [3.8, 4) is 5.75 Å². The highest BCUT2D eigenvalue weighted by Gasteiger charge is 2.07. The van der Waals surface area contributed by atoms with Gasteiger partial charge in [-0.2, -0.15) is 9.78 Å². The van der Waals surface area contributed by atoms with Crippen LogP contribution in [0.4, 0.5) is 9.18 Å². The van der Waals surface area contributed by atoms with Gasteiger partial charge in [-0.3, -0.25) is 0 Å². The molecule has 1 heterocycles. The molecule has 1 aromatic carbocycles. The number of ether oxygens (including phenoxy) is 1. The largest absolute Gasteiger partial charge is 0.494 e. The van der Waals surface area contributed by atoms with Crippen LogP contribution in [0.3, 0.4) is 0 Å². The van der Waals surface area contributed by atoms with Crippen LogP contribution in [0.5, 0.6) is 5.75 Å². The van der Waals surface area contributed by atoms with E-state index < -0.39 is 11.8 Å². The van der Waals surface area contributed by atoms with Gasteiger partial charge in [-0.1, -0.05) is 6.07 Å². The zero-order valence-electron chi connectivity index (χ0n) is 9.63. The van der Waals surface area contributed by atoms with Crippen molar-refractivity contribution < 1.29 is 13.9 Å². The van der Waals surface area contributed by atoms with Gasteiger partial charge < -0.3 is 10.5 Å². The molecule has 0 unspecified atom stereocenters. The second-order valence-electron chi connectivity index (χ2n) is 3.56. The SMILES string of the molecule is COc1ccc([CH]c2ccn(C(N)=O)n2)cc1F. The Morgan fingerprint density at radius 1 is 1.50 bits per heavy atom. The van der Waals surface area contributed by atoms with Crippen LogP contribution in [0.1, 0.15) is 11.3 Å². The van der Waals surface area contributed by atoms with Gasteiger partial charge >= 0.3 is 6.03 Å². The van der Waals surface area contributed by atoms with Crippen molar-refractivity contribution in [2.24, 2.45) is 5.73 Å². The van der Waals surface area contributed by atoms with Gasteiger partial charge in [0, 0.05) is 12.6 Å². The maximum Gasteiger partial charge on any atom is 0.339 e. The Hall–Kier alpha value is -2.37. The van der Waals surface area contributed by atoms with E-state index in [0.717, 1.165) is 4.68 Å². The highest BCUT2D eigenvalue weighted by molar-refractivity contribution is 5.73. The number of nitrogens with zero attached hydrogens (tertiary/aromatic N) is 2. The van der Waals surface area contributed by atoms with Crippen molar-refractivity contribution in [2.45, 2.75) is 0 Å². The average molecular weight is 248 g/mol. The summed E-state index contributed by atoms with van der Waals surface area (Å²) in [6.07, 6.45) is 3.07. The Balaban J connectivity index is 2.18. The van der Waals surface area contributed by atoms with Crippen LogP contribution in [0.25, 0.3) is 0 Å². The van der Waals surface area contributed by atoms with E-state index >= 15 is 0 Å². The summed E-state index contributed by atoms with van der Waals surface area (Å²) in [5.74, 6) is -0.282. The fourth-order valence-electron chi connectivity index (χ4n) is 1.48. The van der Waals surface area contributed by atoms with Crippen LogP contribution in [0.15, 0.2) is 30.5 Å². The molecule has 5 nitrogen and oxygen atoms in total. The predicted octanol–water partition coefficient (Wildman–Crippen LogP) is 1.56. The first-order chi connectivity index (χ1) is 8.60. The fourth-order valence-corrected chi connectivity index (χ4v) is 1.48. The first-order valence-electron chi connectivity index (χ1n) is 5.14. The molecule has 2 rings (SSSR count). The van der Waals surface area contributed by atoms with E-state index in [1.54, 1.807) is 18.6 Å². The molecule has 6 heteroatoms. The van der Waals surface area contributed by atoms with Crippen LogP contribution >= 0.6 is 0 Å². The van der Waals surface area contributed by atoms with Crippen LogP contribution in [0.2, 0.25) is 0 Å². The molecule has 1 radical (unpaired) electrons. The maximum absolute atomic E-state index is 13.4. The molecule has 0 aliphatic carbocycles. The third-order valence-corrected chi connectivity index (χ3v) is 2.33. The summed E-state index contributed by atoms with van der Waals surface area (Å²) in [4.78, 5) is 10.8. The number of methoxy groups -OCH3 is 1. The van der Waals surface area contributed by atoms with E-state index in [0.29, 0.717) is 11.3 Å². The van der Waals surface area contributed by atoms with Crippen molar-refractivity contribution in [2.75, 3.05) is 7.11 Å². The Morgan fingerprint density at radius 2 is 2.28 bits per heavy atom. The number of benzene rings is 1. The number of aromatic nitrogens is 2. The predicted molar refractivity (Wildman–Crippen MR) is 62.7 cm³/mol. The molecular formula is C12H11FN3O2. The van der Waals surface area contributed by atoms with Crippen LogP contribution in [0, 0.1) is 12.2 Å². The standard InChI is InChI=1S/C12H11FN3O2/c1-18-11-3-2-8(7-10(11)13)6-9-4-5-16(15-9)12(14)17/h2-7H,1H3,(H2,14,17). The molecule has 2 N–H and O–H groups in total. The highest BCUT2D eigenvalue weighted by Crippen LogP contribution is 2.20. The lowest BCUT2D eigenvalue weighted by Crippen LogP contribution is -2.19. The summed E-state index contributed by atoms with van der Waals surface area (Å²) in [6.45, 7) is 0. The Kier molecular flexibility index (Phi) is 3.27. The molecule has 0 bridgehead atoms. The lowest BCUT2D eigenvalue weighted by molar-refractivity contribution is 0.247. The second-order valence-corrected chi connectivity index (χ2v) is 3.56. The number of primary amides is 1. The topological polar surface area (TPSA) is 70.1 Å². The lowest BCUT2D eigenvalue weighted by Gasteiger charge is -2.03. The number of carbonyl (C=O) groups excluding carboxylic acids is 1. The third kappa shape index (κ3) is 2.48. The molecule has 0 spiro atoms. The van der Waals surface area contributed by atoms with E-state index in [2.05, 4.69) is 5.10 Å². The molecule has 0 saturated carbocycles. The number of hydrogen-bond acceptors (Lipinski definition) is 3. The van der Waals surface area contributed by atoms with Gasteiger partial charge in [-0.15, -0.1) is 0 Å². The molecule has 0 atom stereocenters. The van der Waals surface area contributed by atoms with Gasteiger partial charge in [0.2, 0.25) is 0 Å². The van der Waals surface area contributed by atoms with Crippen molar-refractivity contribution in [3.05, 3.63) is 54.0 Å². The quantitative estimate of drug-likeness (QED) is 0.896. The van der Waals surface area contributed by atoms with Gasteiger partial charge in [0.25, 0.3) is 0 Å². The summed E-state index contributed by atoms with van der Waals surface area (Å²) in [6, 6.07) is 5.46. The molecule has 0 fully saturated rings. The smallest absolute Gasteiger partial charge is 0.339 e. The number of halogens is 1. The van der Waals surface area contributed by atoms with Gasteiger partial charge in [-0.05, 0) is 23.8 Å². The minimum atomic E-state index is -0.671. The first kappa shape index (κ1) is 12.1. The maximum atomic E-state index is 13.4. The van der Waals surface area contributed by atoms with Gasteiger partial charge in [-0.25, -0.2) is 9.18 Å².